The van der Waals surface area contributed by atoms with E-state index in [0.29, 0.717) is 36.9 Å². The Balaban J connectivity index is 2.02. The standard InChI is InChI=1S/C17H24N2O5/c1-4-24-16(20)12-6-5-7-19(11-12)17(21)18-13-8-14(22-2)10-15(9-13)23-3/h8-10,12H,4-7,11H2,1-3H3,(H,18,21). The van der Waals surface area contributed by atoms with Crippen molar-refractivity contribution in [3.8, 4) is 11.5 Å². The molecule has 0 aromatic heterocycles. The molecule has 7 heteroatoms. The SMILES string of the molecule is CCOC(=O)C1CCCN(C(=O)Nc2cc(OC)cc(OC)c2)C1. The number of hydrogen-bond acceptors (Lipinski definition) is 5. The number of nitrogens with zero attached hydrogens (tertiary/aromatic N) is 1. The molecule has 1 heterocycles. The Kier molecular flexibility index (Phi) is 6.28. The second-order valence-electron chi connectivity index (χ2n) is 5.57. The fourth-order valence-electron chi connectivity index (χ4n) is 2.70. The van der Waals surface area contributed by atoms with Gasteiger partial charge in [0.25, 0.3) is 0 Å². The van der Waals surface area contributed by atoms with Crippen molar-refractivity contribution in [3.05, 3.63) is 18.2 Å². The number of piperidine rings is 1. The molecule has 1 aliphatic rings. The predicted molar refractivity (Wildman–Crippen MR) is 89.5 cm³/mol. The normalized spacial score (nSPS) is 17.1. The first-order valence-corrected chi connectivity index (χ1v) is 8.03. The van der Waals surface area contributed by atoms with Gasteiger partial charge in [-0.05, 0) is 19.8 Å². The minimum atomic E-state index is -0.260. The number of amides is 2. The molecule has 0 spiro atoms. The molecule has 1 aromatic carbocycles. The van der Waals surface area contributed by atoms with E-state index in [1.54, 1.807) is 44.2 Å². The van der Waals surface area contributed by atoms with Gasteiger partial charge in [-0.15, -0.1) is 0 Å². The van der Waals surface area contributed by atoms with Gasteiger partial charge in [0.15, 0.2) is 0 Å². The van der Waals surface area contributed by atoms with Crippen LogP contribution in [-0.2, 0) is 9.53 Å². The van der Waals surface area contributed by atoms with E-state index in [0.717, 1.165) is 12.8 Å². The summed E-state index contributed by atoms with van der Waals surface area (Å²) in [5.41, 5.74) is 0.578. The van der Waals surface area contributed by atoms with Crippen molar-refractivity contribution in [2.45, 2.75) is 19.8 Å². The van der Waals surface area contributed by atoms with Crippen LogP contribution >= 0.6 is 0 Å². The van der Waals surface area contributed by atoms with Gasteiger partial charge in [0, 0.05) is 37.0 Å². The van der Waals surface area contributed by atoms with Crippen LogP contribution < -0.4 is 14.8 Å². The molecule has 0 saturated carbocycles. The van der Waals surface area contributed by atoms with E-state index in [1.807, 2.05) is 0 Å². The van der Waals surface area contributed by atoms with Crippen molar-refractivity contribution in [1.82, 2.24) is 4.90 Å². The van der Waals surface area contributed by atoms with Crippen LogP contribution in [-0.4, -0.2) is 50.8 Å². The Hall–Kier alpha value is -2.44. The smallest absolute Gasteiger partial charge is 0.321 e. The van der Waals surface area contributed by atoms with Gasteiger partial charge in [-0.1, -0.05) is 0 Å². The summed E-state index contributed by atoms with van der Waals surface area (Å²) in [6.45, 7) is 3.11. The van der Waals surface area contributed by atoms with Crippen LogP contribution in [0, 0.1) is 5.92 Å². The van der Waals surface area contributed by atoms with Crippen molar-refractivity contribution >= 4 is 17.7 Å². The van der Waals surface area contributed by atoms with Crippen LogP contribution in [0.1, 0.15) is 19.8 Å². The summed E-state index contributed by atoms with van der Waals surface area (Å²) < 4.78 is 15.4. The van der Waals surface area contributed by atoms with E-state index < -0.39 is 0 Å². The highest BCUT2D eigenvalue weighted by Crippen LogP contribution is 2.26. The number of ether oxygens (including phenoxy) is 3. The molecule has 24 heavy (non-hydrogen) atoms. The predicted octanol–water partition coefficient (Wildman–Crippen LogP) is 2.51. The monoisotopic (exact) mass is 336 g/mol. The van der Waals surface area contributed by atoms with Gasteiger partial charge >= 0.3 is 12.0 Å². The topological polar surface area (TPSA) is 77.1 Å². The van der Waals surface area contributed by atoms with Gasteiger partial charge in [-0.2, -0.15) is 0 Å². The fourth-order valence-corrected chi connectivity index (χ4v) is 2.70. The summed E-state index contributed by atoms with van der Waals surface area (Å²) >= 11 is 0. The van der Waals surface area contributed by atoms with Crippen LogP contribution in [0.15, 0.2) is 18.2 Å². The van der Waals surface area contributed by atoms with E-state index in [9.17, 15) is 9.59 Å². The third kappa shape index (κ3) is 4.53. The van der Waals surface area contributed by atoms with Gasteiger partial charge in [0.1, 0.15) is 11.5 Å². The van der Waals surface area contributed by atoms with Crippen molar-refractivity contribution in [2.75, 3.05) is 39.2 Å². The second kappa shape index (κ2) is 8.42. The summed E-state index contributed by atoms with van der Waals surface area (Å²) in [6, 6.07) is 4.91. The number of carbonyl (C=O) groups excluding carboxylic acids is 2. The third-order valence-electron chi connectivity index (χ3n) is 3.93. The summed E-state index contributed by atoms with van der Waals surface area (Å²) in [5, 5.41) is 2.83. The Morgan fingerprint density at radius 1 is 1.21 bits per heavy atom. The first kappa shape index (κ1) is 17.9. The van der Waals surface area contributed by atoms with Crippen molar-refractivity contribution in [1.29, 1.82) is 0 Å². The Morgan fingerprint density at radius 3 is 2.46 bits per heavy atom. The maximum Gasteiger partial charge on any atom is 0.321 e. The summed E-state index contributed by atoms with van der Waals surface area (Å²) in [4.78, 5) is 26.0. The highest BCUT2D eigenvalue weighted by atomic mass is 16.5. The molecule has 2 rings (SSSR count). The Morgan fingerprint density at radius 2 is 1.88 bits per heavy atom. The summed E-state index contributed by atoms with van der Waals surface area (Å²) in [7, 11) is 3.10. The lowest BCUT2D eigenvalue weighted by Crippen LogP contribution is -2.44. The van der Waals surface area contributed by atoms with Crippen LogP contribution in [0.4, 0.5) is 10.5 Å². The number of carbonyl (C=O) groups is 2. The molecule has 1 aliphatic heterocycles. The van der Waals surface area contributed by atoms with Gasteiger partial charge in [-0.3, -0.25) is 4.79 Å². The van der Waals surface area contributed by atoms with E-state index in [2.05, 4.69) is 5.32 Å². The molecule has 1 atom stereocenters. The van der Waals surface area contributed by atoms with Crippen LogP contribution in [0.2, 0.25) is 0 Å². The molecule has 1 unspecified atom stereocenters. The molecule has 0 radical (unpaired) electrons. The van der Waals surface area contributed by atoms with Crippen molar-refractivity contribution in [3.63, 3.8) is 0 Å². The molecule has 1 saturated heterocycles. The number of hydrogen-bond donors (Lipinski definition) is 1. The summed E-state index contributed by atoms with van der Waals surface area (Å²) in [5.74, 6) is 0.683. The number of likely N-dealkylation sites (tertiary alicyclic amines) is 1. The highest BCUT2D eigenvalue weighted by Gasteiger charge is 2.29. The van der Waals surface area contributed by atoms with Crippen LogP contribution in [0.5, 0.6) is 11.5 Å². The zero-order valence-corrected chi connectivity index (χ0v) is 14.3. The van der Waals surface area contributed by atoms with Gasteiger partial charge < -0.3 is 24.4 Å². The maximum absolute atomic E-state index is 12.5. The number of methoxy groups -OCH3 is 2. The first-order valence-electron chi connectivity index (χ1n) is 8.03. The zero-order chi connectivity index (χ0) is 17.5. The lowest BCUT2D eigenvalue weighted by molar-refractivity contribution is -0.149. The molecule has 0 aliphatic carbocycles. The number of esters is 1. The highest BCUT2D eigenvalue weighted by molar-refractivity contribution is 5.90. The molecule has 132 valence electrons. The van der Waals surface area contributed by atoms with Crippen molar-refractivity contribution in [2.24, 2.45) is 5.92 Å². The molecule has 1 N–H and O–H groups in total. The quantitative estimate of drug-likeness (QED) is 0.836. The van der Waals surface area contributed by atoms with Crippen molar-refractivity contribution < 1.29 is 23.8 Å². The van der Waals surface area contributed by atoms with E-state index >= 15 is 0 Å². The molecule has 0 bridgehead atoms. The zero-order valence-electron chi connectivity index (χ0n) is 14.3. The fraction of sp³-hybridized carbons (Fsp3) is 0.529. The maximum atomic E-state index is 12.5. The molecule has 1 aromatic rings. The van der Waals surface area contributed by atoms with Crippen LogP contribution in [0.3, 0.4) is 0 Å². The van der Waals surface area contributed by atoms with Gasteiger partial charge in [0.2, 0.25) is 0 Å². The third-order valence-corrected chi connectivity index (χ3v) is 3.93. The van der Waals surface area contributed by atoms with Gasteiger partial charge in [-0.25, -0.2) is 4.79 Å². The number of urea groups is 1. The Bertz CT molecular complexity index is 568. The van der Waals surface area contributed by atoms with Crippen LogP contribution in [0.25, 0.3) is 0 Å². The van der Waals surface area contributed by atoms with E-state index in [-0.39, 0.29) is 17.9 Å². The summed E-state index contributed by atoms with van der Waals surface area (Å²) in [6.07, 6.45) is 1.52. The first-order chi connectivity index (χ1) is 11.6. The minimum absolute atomic E-state index is 0.238. The average Bonchev–Trinajstić information content (AvgIpc) is 2.61. The van der Waals surface area contributed by atoms with E-state index in [1.165, 1.54) is 0 Å². The minimum Gasteiger partial charge on any atom is -0.497 e. The largest absolute Gasteiger partial charge is 0.497 e. The molecule has 7 nitrogen and oxygen atoms in total. The lowest BCUT2D eigenvalue weighted by Gasteiger charge is -2.31. The van der Waals surface area contributed by atoms with E-state index in [4.69, 9.17) is 14.2 Å². The number of anilines is 1. The molecule has 1 fully saturated rings. The number of rotatable bonds is 5. The lowest BCUT2D eigenvalue weighted by atomic mass is 9.98. The number of nitrogens with one attached hydrogen (secondary N) is 1. The molecule has 2 amide bonds. The number of benzene rings is 1. The average molecular weight is 336 g/mol. The van der Waals surface area contributed by atoms with Gasteiger partial charge in [0.05, 0.1) is 26.7 Å². The molecular formula is C17H24N2O5. The Labute approximate surface area is 141 Å². The second-order valence-corrected chi connectivity index (χ2v) is 5.57. The molecular weight excluding hydrogens is 312 g/mol.